The maximum atomic E-state index is 12.7. The molecule has 1 aliphatic rings. The van der Waals surface area contributed by atoms with Crippen LogP contribution in [0.4, 0.5) is 0 Å². The van der Waals surface area contributed by atoms with Crippen molar-refractivity contribution < 1.29 is 14.7 Å². The van der Waals surface area contributed by atoms with E-state index in [9.17, 15) is 9.59 Å². The average molecular weight is 448 g/mol. The van der Waals surface area contributed by atoms with Crippen molar-refractivity contribution in [3.63, 3.8) is 0 Å². The van der Waals surface area contributed by atoms with Gasteiger partial charge in [-0.25, -0.2) is 9.97 Å². The normalized spacial score (nSPS) is 15.3. The highest BCUT2D eigenvalue weighted by molar-refractivity contribution is 8.26. The molecule has 3 rings (SSSR count). The number of aliphatic carboxylic acids is 1. The highest BCUT2D eigenvalue weighted by atomic mass is 35.5. The second kappa shape index (κ2) is 9.96. The average Bonchev–Trinajstić information content (AvgIpc) is 2.95. The summed E-state index contributed by atoms with van der Waals surface area (Å²) in [4.78, 5) is 34.0. The Hall–Kier alpha value is -2.29. The van der Waals surface area contributed by atoms with Crippen LogP contribution in [0.15, 0.2) is 41.4 Å². The van der Waals surface area contributed by atoms with Gasteiger partial charge in [0, 0.05) is 24.7 Å². The Kier molecular flexibility index (Phi) is 7.35. The number of amides is 1. The number of thioether (sulfide) groups is 1. The van der Waals surface area contributed by atoms with Crippen LogP contribution in [0.25, 0.3) is 17.3 Å². The molecule has 2 aromatic rings. The van der Waals surface area contributed by atoms with E-state index in [1.807, 2.05) is 24.3 Å². The van der Waals surface area contributed by atoms with Gasteiger partial charge in [-0.1, -0.05) is 48.1 Å². The fourth-order valence-corrected chi connectivity index (χ4v) is 4.32. The second-order valence-electron chi connectivity index (χ2n) is 6.33. The molecule has 2 aromatic heterocycles. The van der Waals surface area contributed by atoms with Crippen LogP contribution in [-0.2, 0) is 9.59 Å². The predicted molar refractivity (Wildman–Crippen MR) is 118 cm³/mol. The first-order chi connectivity index (χ1) is 14.0. The van der Waals surface area contributed by atoms with Gasteiger partial charge in [0.25, 0.3) is 5.91 Å². The van der Waals surface area contributed by atoms with E-state index in [-0.39, 0.29) is 12.3 Å². The third-order valence-electron chi connectivity index (χ3n) is 4.23. The Morgan fingerprint density at radius 2 is 2.07 bits per heavy atom. The van der Waals surface area contributed by atoms with Gasteiger partial charge in [-0.15, -0.1) is 0 Å². The van der Waals surface area contributed by atoms with E-state index in [1.165, 1.54) is 11.8 Å². The largest absolute Gasteiger partial charge is 0.481 e. The molecule has 0 radical (unpaired) electrons. The Balaban J connectivity index is 1.69. The predicted octanol–water partition coefficient (Wildman–Crippen LogP) is 4.64. The van der Waals surface area contributed by atoms with Crippen LogP contribution >= 0.6 is 35.6 Å². The zero-order chi connectivity index (χ0) is 20.8. The van der Waals surface area contributed by atoms with Gasteiger partial charge in [-0.2, -0.15) is 0 Å². The van der Waals surface area contributed by atoms with Crippen molar-refractivity contribution in [2.45, 2.75) is 25.7 Å². The Morgan fingerprint density at radius 1 is 1.24 bits per heavy atom. The SMILES string of the molecule is O=C(O)CCCCCN1C(=O)/C(=C/c2cccc(-c3cccnc3Cl)n2)SC1=S. The molecule has 29 heavy (non-hydrogen) atoms. The molecular weight excluding hydrogens is 430 g/mol. The summed E-state index contributed by atoms with van der Waals surface area (Å²) in [5, 5.41) is 9.04. The van der Waals surface area contributed by atoms with Crippen molar-refractivity contribution in [2.75, 3.05) is 6.54 Å². The molecule has 3 heterocycles. The van der Waals surface area contributed by atoms with Gasteiger partial charge in [0.15, 0.2) is 0 Å². The lowest BCUT2D eigenvalue weighted by atomic mass is 10.1. The number of pyridine rings is 2. The van der Waals surface area contributed by atoms with Crippen molar-refractivity contribution in [1.82, 2.24) is 14.9 Å². The summed E-state index contributed by atoms with van der Waals surface area (Å²) in [6, 6.07) is 9.12. The van der Waals surface area contributed by atoms with Crippen LogP contribution in [0.3, 0.4) is 0 Å². The smallest absolute Gasteiger partial charge is 0.303 e. The number of carbonyl (C=O) groups is 2. The number of rotatable bonds is 8. The molecule has 0 aliphatic carbocycles. The first kappa shape index (κ1) is 21.4. The van der Waals surface area contributed by atoms with Crippen LogP contribution in [0.1, 0.15) is 31.4 Å². The highest BCUT2D eigenvalue weighted by Crippen LogP contribution is 2.33. The van der Waals surface area contributed by atoms with E-state index in [0.717, 1.165) is 12.0 Å². The molecule has 1 aliphatic heterocycles. The van der Waals surface area contributed by atoms with Gasteiger partial charge in [0.1, 0.15) is 9.47 Å². The number of carbonyl (C=O) groups excluding carboxylic acids is 1. The van der Waals surface area contributed by atoms with Crippen LogP contribution < -0.4 is 0 Å². The van der Waals surface area contributed by atoms with Gasteiger partial charge < -0.3 is 5.11 Å². The second-order valence-corrected chi connectivity index (χ2v) is 8.36. The molecule has 0 bridgehead atoms. The van der Waals surface area contributed by atoms with E-state index in [2.05, 4.69) is 9.97 Å². The minimum atomic E-state index is -0.805. The number of carboxylic acid groups (broad SMARTS) is 1. The zero-order valence-electron chi connectivity index (χ0n) is 15.4. The Morgan fingerprint density at radius 3 is 2.83 bits per heavy atom. The number of halogens is 1. The quantitative estimate of drug-likeness (QED) is 0.273. The molecule has 6 nitrogen and oxygen atoms in total. The molecular formula is C20H18ClN3O3S2. The first-order valence-corrected chi connectivity index (χ1v) is 10.6. The maximum absolute atomic E-state index is 12.7. The summed E-state index contributed by atoms with van der Waals surface area (Å²) in [5.41, 5.74) is 2.02. The summed E-state index contributed by atoms with van der Waals surface area (Å²) in [7, 11) is 0. The molecule has 1 saturated heterocycles. The standard InChI is InChI=1S/C20H18ClN3O3S2/c21-18-14(7-5-10-22-18)15-8-4-6-13(23-15)12-16-19(27)24(20(28)29-16)11-3-1-2-9-17(25)26/h4-8,10,12H,1-3,9,11H2,(H,25,26)/b16-12-. The van der Waals surface area contributed by atoms with Crippen LogP contribution in [0.2, 0.25) is 5.15 Å². The summed E-state index contributed by atoms with van der Waals surface area (Å²) in [6.07, 6.45) is 5.51. The highest BCUT2D eigenvalue weighted by Gasteiger charge is 2.31. The number of nitrogens with zero attached hydrogens (tertiary/aromatic N) is 3. The summed E-state index contributed by atoms with van der Waals surface area (Å²) < 4.78 is 0.506. The Bertz CT molecular complexity index is 981. The van der Waals surface area contributed by atoms with Crippen molar-refractivity contribution in [1.29, 1.82) is 0 Å². The number of hydrogen-bond donors (Lipinski definition) is 1. The van der Waals surface area contributed by atoms with Crippen molar-refractivity contribution in [2.24, 2.45) is 0 Å². The summed E-state index contributed by atoms with van der Waals surface area (Å²) in [6.45, 7) is 0.486. The molecule has 0 unspecified atom stereocenters. The first-order valence-electron chi connectivity index (χ1n) is 9.01. The molecule has 1 amide bonds. The molecule has 0 saturated carbocycles. The lowest BCUT2D eigenvalue weighted by molar-refractivity contribution is -0.137. The molecule has 0 aromatic carbocycles. The van der Waals surface area contributed by atoms with E-state index in [4.69, 9.17) is 28.9 Å². The Labute approximate surface area is 183 Å². The van der Waals surface area contributed by atoms with E-state index >= 15 is 0 Å². The fourth-order valence-electron chi connectivity index (χ4n) is 2.81. The van der Waals surface area contributed by atoms with E-state index < -0.39 is 5.97 Å². The van der Waals surface area contributed by atoms with E-state index in [1.54, 1.807) is 23.2 Å². The van der Waals surface area contributed by atoms with Gasteiger partial charge in [-0.05, 0) is 43.2 Å². The molecule has 1 fully saturated rings. The van der Waals surface area contributed by atoms with Crippen LogP contribution in [0.5, 0.6) is 0 Å². The molecule has 9 heteroatoms. The minimum absolute atomic E-state index is 0.140. The lowest BCUT2D eigenvalue weighted by Crippen LogP contribution is -2.29. The summed E-state index contributed by atoms with van der Waals surface area (Å²) >= 11 is 12.7. The minimum Gasteiger partial charge on any atom is -0.481 e. The lowest BCUT2D eigenvalue weighted by Gasteiger charge is -2.13. The number of aromatic nitrogens is 2. The molecule has 0 spiro atoms. The number of thiocarbonyl (C=S) groups is 1. The van der Waals surface area contributed by atoms with Gasteiger partial charge in [-0.3, -0.25) is 14.5 Å². The third-order valence-corrected chi connectivity index (χ3v) is 5.91. The van der Waals surface area contributed by atoms with Crippen molar-refractivity contribution in [3.05, 3.63) is 52.3 Å². The van der Waals surface area contributed by atoms with Crippen LogP contribution in [0, 0.1) is 0 Å². The zero-order valence-corrected chi connectivity index (χ0v) is 17.8. The summed E-state index contributed by atoms with van der Waals surface area (Å²) in [5.74, 6) is -0.953. The number of hydrogen-bond acceptors (Lipinski definition) is 6. The van der Waals surface area contributed by atoms with E-state index in [0.29, 0.717) is 45.2 Å². The number of carboxylic acids is 1. The van der Waals surface area contributed by atoms with Gasteiger partial charge >= 0.3 is 5.97 Å². The van der Waals surface area contributed by atoms with Crippen LogP contribution in [-0.4, -0.2) is 42.7 Å². The van der Waals surface area contributed by atoms with Gasteiger partial charge in [0.2, 0.25) is 0 Å². The molecule has 150 valence electrons. The maximum Gasteiger partial charge on any atom is 0.303 e. The van der Waals surface area contributed by atoms with Gasteiger partial charge in [0.05, 0.1) is 16.3 Å². The fraction of sp³-hybridized carbons (Fsp3) is 0.250. The third kappa shape index (κ3) is 5.62. The molecule has 0 atom stereocenters. The van der Waals surface area contributed by atoms with Crippen molar-refractivity contribution >= 4 is 57.9 Å². The molecule has 1 N–H and O–H groups in total. The monoisotopic (exact) mass is 447 g/mol. The topological polar surface area (TPSA) is 83.4 Å². The van der Waals surface area contributed by atoms with Crippen molar-refractivity contribution in [3.8, 4) is 11.3 Å². The number of unbranched alkanes of at least 4 members (excludes halogenated alkanes) is 2.